The fraction of sp³-hybridized carbons (Fsp3) is 0.417. The van der Waals surface area contributed by atoms with E-state index in [0.717, 1.165) is 29.7 Å². The first-order valence-corrected chi connectivity index (χ1v) is 5.12. The minimum absolute atomic E-state index is 0.501. The molecule has 2 rings (SSSR count). The second-order valence-corrected chi connectivity index (χ2v) is 4.39. The van der Waals surface area contributed by atoms with Gasteiger partial charge in [-0.05, 0) is 43.4 Å². The van der Waals surface area contributed by atoms with Crippen LogP contribution in [0.2, 0.25) is 0 Å². The van der Waals surface area contributed by atoms with Gasteiger partial charge in [-0.25, -0.2) is 0 Å². The number of carboxylic acid groups (broad SMARTS) is 1. The first kappa shape index (κ1) is 10.0. The van der Waals surface area contributed by atoms with Crippen molar-refractivity contribution in [2.75, 3.05) is 5.73 Å². The number of carbonyl (C=O) groups is 1. The molecule has 80 valence electrons. The monoisotopic (exact) mass is 205 g/mol. The number of nitrogen functional groups attached to an aromatic ring is 1. The molecule has 0 bridgehead atoms. The Morgan fingerprint density at radius 2 is 2.20 bits per heavy atom. The van der Waals surface area contributed by atoms with Crippen molar-refractivity contribution < 1.29 is 9.90 Å². The van der Waals surface area contributed by atoms with Gasteiger partial charge in [-0.2, -0.15) is 0 Å². The van der Waals surface area contributed by atoms with E-state index in [1.807, 2.05) is 25.1 Å². The SMILES string of the molecule is Cc1c(N)cccc1CC1(C(=O)O)CC1. The van der Waals surface area contributed by atoms with E-state index in [-0.39, 0.29) is 0 Å². The number of aliphatic carboxylic acids is 1. The molecule has 1 fully saturated rings. The summed E-state index contributed by atoms with van der Waals surface area (Å²) in [7, 11) is 0. The van der Waals surface area contributed by atoms with E-state index in [2.05, 4.69) is 0 Å². The van der Waals surface area contributed by atoms with E-state index in [9.17, 15) is 4.79 Å². The molecule has 0 saturated heterocycles. The highest BCUT2D eigenvalue weighted by Crippen LogP contribution is 2.49. The van der Waals surface area contributed by atoms with Crippen molar-refractivity contribution in [1.29, 1.82) is 0 Å². The predicted octanol–water partition coefficient (Wildman–Crippen LogP) is 1.98. The summed E-state index contributed by atoms with van der Waals surface area (Å²) in [4.78, 5) is 11.1. The molecule has 1 aliphatic rings. The smallest absolute Gasteiger partial charge is 0.309 e. The Bertz CT molecular complexity index is 408. The van der Waals surface area contributed by atoms with Gasteiger partial charge in [0.05, 0.1) is 5.41 Å². The minimum atomic E-state index is -0.677. The van der Waals surface area contributed by atoms with Gasteiger partial charge in [-0.3, -0.25) is 4.79 Å². The molecule has 0 radical (unpaired) electrons. The number of hydrogen-bond donors (Lipinski definition) is 2. The highest BCUT2D eigenvalue weighted by molar-refractivity contribution is 5.78. The maximum absolute atomic E-state index is 11.1. The van der Waals surface area contributed by atoms with Crippen molar-refractivity contribution in [3.05, 3.63) is 29.3 Å². The molecule has 0 amide bonds. The molecule has 3 nitrogen and oxygen atoms in total. The molecule has 0 atom stereocenters. The number of anilines is 1. The molecule has 1 saturated carbocycles. The summed E-state index contributed by atoms with van der Waals surface area (Å²) in [5.41, 5.74) is 8.11. The molecule has 0 unspecified atom stereocenters. The van der Waals surface area contributed by atoms with Gasteiger partial charge in [0.25, 0.3) is 0 Å². The van der Waals surface area contributed by atoms with Gasteiger partial charge in [0, 0.05) is 5.69 Å². The minimum Gasteiger partial charge on any atom is -0.481 e. The lowest BCUT2D eigenvalue weighted by Gasteiger charge is -2.13. The van der Waals surface area contributed by atoms with Crippen LogP contribution in [0.25, 0.3) is 0 Å². The molecule has 3 heteroatoms. The first-order chi connectivity index (χ1) is 7.05. The van der Waals surface area contributed by atoms with Crippen LogP contribution in [0.5, 0.6) is 0 Å². The summed E-state index contributed by atoms with van der Waals surface area (Å²) in [6, 6.07) is 5.70. The zero-order valence-electron chi connectivity index (χ0n) is 8.79. The Kier molecular flexibility index (Phi) is 2.18. The molecule has 3 N–H and O–H groups in total. The fourth-order valence-electron chi connectivity index (χ4n) is 1.88. The normalized spacial score (nSPS) is 17.4. The van der Waals surface area contributed by atoms with Crippen LogP contribution in [0.4, 0.5) is 5.69 Å². The molecular weight excluding hydrogens is 190 g/mol. The molecule has 1 aromatic carbocycles. The van der Waals surface area contributed by atoms with E-state index in [1.165, 1.54) is 0 Å². The van der Waals surface area contributed by atoms with Gasteiger partial charge < -0.3 is 10.8 Å². The zero-order chi connectivity index (χ0) is 11.1. The fourth-order valence-corrected chi connectivity index (χ4v) is 1.88. The van der Waals surface area contributed by atoms with Gasteiger partial charge in [0.15, 0.2) is 0 Å². The zero-order valence-corrected chi connectivity index (χ0v) is 8.79. The second-order valence-electron chi connectivity index (χ2n) is 4.39. The third-order valence-corrected chi connectivity index (χ3v) is 3.32. The molecule has 1 aliphatic carbocycles. The van der Waals surface area contributed by atoms with Crippen molar-refractivity contribution >= 4 is 11.7 Å². The molecule has 1 aromatic rings. The Morgan fingerprint density at radius 1 is 1.53 bits per heavy atom. The summed E-state index contributed by atoms with van der Waals surface area (Å²) >= 11 is 0. The Morgan fingerprint density at radius 3 is 2.73 bits per heavy atom. The van der Waals surface area contributed by atoms with Crippen molar-refractivity contribution in [1.82, 2.24) is 0 Å². The average Bonchev–Trinajstić information content (AvgIpc) is 2.94. The summed E-state index contributed by atoms with van der Waals surface area (Å²) in [6.07, 6.45) is 2.19. The molecule has 0 aliphatic heterocycles. The topological polar surface area (TPSA) is 63.3 Å². The van der Waals surface area contributed by atoms with E-state index >= 15 is 0 Å². The van der Waals surface area contributed by atoms with Crippen LogP contribution >= 0.6 is 0 Å². The van der Waals surface area contributed by atoms with Crippen LogP contribution in [-0.4, -0.2) is 11.1 Å². The molecule has 15 heavy (non-hydrogen) atoms. The lowest BCUT2D eigenvalue weighted by atomic mass is 9.93. The van der Waals surface area contributed by atoms with E-state index in [1.54, 1.807) is 0 Å². The third-order valence-electron chi connectivity index (χ3n) is 3.32. The largest absolute Gasteiger partial charge is 0.481 e. The van der Waals surface area contributed by atoms with Crippen LogP contribution < -0.4 is 5.73 Å². The summed E-state index contributed by atoms with van der Waals surface area (Å²) in [5.74, 6) is -0.677. The molecule has 0 spiro atoms. The van der Waals surface area contributed by atoms with Gasteiger partial charge in [-0.1, -0.05) is 12.1 Å². The summed E-state index contributed by atoms with van der Waals surface area (Å²) in [6.45, 7) is 1.95. The van der Waals surface area contributed by atoms with Gasteiger partial charge in [0.1, 0.15) is 0 Å². The average molecular weight is 205 g/mol. The first-order valence-electron chi connectivity index (χ1n) is 5.12. The van der Waals surface area contributed by atoms with Gasteiger partial charge in [-0.15, -0.1) is 0 Å². The quantitative estimate of drug-likeness (QED) is 0.742. The number of benzene rings is 1. The molecule has 0 aromatic heterocycles. The Labute approximate surface area is 88.9 Å². The van der Waals surface area contributed by atoms with Crippen molar-refractivity contribution in [2.24, 2.45) is 5.41 Å². The van der Waals surface area contributed by atoms with Crippen molar-refractivity contribution in [2.45, 2.75) is 26.2 Å². The number of rotatable bonds is 3. The number of hydrogen-bond acceptors (Lipinski definition) is 2. The lowest BCUT2D eigenvalue weighted by molar-refractivity contribution is -0.143. The molecule has 0 heterocycles. The standard InChI is InChI=1S/C12H15NO2/c1-8-9(3-2-4-10(8)13)7-12(5-6-12)11(14)15/h2-4H,5-7,13H2,1H3,(H,14,15). The second kappa shape index (κ2) is 3.26. The van der Waals surface area contributed by atoms with E-state index < -0.39 is 11.4 Å². The molecular formula is C12H15NO2. The van der Waals surface area contributed by atoms with Crippen LogP contribution in [0, 0.1) is 12.3 Å². The maximum Gasteiger partial charge on any atom is 0.309 e. The van der Waals surface area contributed by atoms with Crippen LogP contribution in [0.3, 0.4) is 0 Å². The van der Waals surface area contributed by atoms with Crippen molar-refractivity contribution in [3.8, 4) is 0 Å². The highest BCUT2D eigenvalue weighted by atomic mass is 16.4. The predicted molar refractivity (Wildman–Crippen MR) is 58.6 cm³/mol. The number of nitrogens with two attached hydrogens (primary N) is 1. The lowest BCUT2D eigenvalue weighted by Crippen LogP contribution is -2.18. The van der Waals surface area contributed by atoms with Crippen LogP contribution in [0.1, 0.15) is 24.0 Å². The summed E-state index contributed by atoms with van der Waals surface area (Å²) < 4.78 is 0. The van der Waals surface area contributed by atoms with Gasteiger partial charge >= 0.3 is 5.97 Å². The van der Waals surface area contributed by atoms with E-state index in [4.69, 9.17) is 10.8 Å². The van der Waals surface area contributed by atoms with Crippen LogP contribution in [0.15, 0.2) is 18.2 Å². The third kappa shape index (κ3) is 1.69. The Hall–Kier alpha value is -1.51. The number of carboxylic acids is 1. The summed E-state index contributed by atoms with van der Waals surface area (Å²) in [5, 5.41) is 9.09. The van der Waals surface area contributed by atoms with E-state index in [0.29, 0.717) is 6.42 Å². The highest BCUT2D eigenvalue weighted by Gasteiger charge is 2.50. The van der Waals surface area contributed by atoms with Gasteiger partial charge in [0.2, 0.25) is 0 Å². The Balaban J connectivity index is 2.25. The van der Waals surface area contributed by atoms with Crippen molar-refractivity contribution in [3.63, 3.8) is 0 Å². The van der Waals surface area contributed by atoms with Crippen LogP contribution in [-0.2, 0) is 11.2 Å². The maximum atomic E-state index is 11.1.